The van der Waals surface area contributed by atoms with Gasteiger partial charge in [-0.15, -0.1) is 0 Å². The van der Waals surface area contributed by atoms with E-state index >= 15 is 0 Å². The highest BCUT2D eigenvalue weighted by Crippen LogP contribution is 2.31. The molecule has 2 aromatic heterocycles. The summed E-state index contributed by atoms with van der Waals surface area (Å²) in [5.74, 6) is -0.319. The lowest BCUT2D eigenvalue weighted by Crippen LogP contribution is -2.04. The Morgan fingerprint density at radius 1 is 1.10 bits per heavy atom. The Kier molecular flexibility index (Phi) is 5.33. The van der Waals surface area contributed by atoms with E-state index in [0.29, 0.717) is 28.0 Å². The average molecular weight is 440 g/mol. The van der Waals surface area contributed by atoms with Crippen LogP contribution in [0.5, 0.6) is 0 Å². The largest absolute Gasteiger partial charge is 0.264 e. The number of rotatable bonds is 4. The molecule has 0 aliphatic rings. The van der Waals surface area contributed by atoms with Crippen LogP contribution in [0.25, 0.3) is 16.8 Å². The third-order valence-corrected chi connectivity index (χ3v) is 5.65. The number of halogens is 3. The molecule has 0 saturated carbocycles. The molecule has 0 N–H and O–H groups in total. The van der Waals surface area contributed by atoms with Crippen molar-refractivity contribution in [2.45, 2.75) is 20.4 Å². The van der Waals surface area contributed by atoms with Gasteiger partial charge in [-0.05, 0) is 55.8 Å². The van der Waals surface area contributed by atoms with Gasteiger partial charge in [0.1, 0.15) is 17.0 Å². The van der Waals surface area contributed by atoms with Gasteiger partial charge in [-0.1, -0.05) is 29.3 Å². The number of benzene rings is 2. The normalized spacial score (nSPS) is 10.9. The Balaban J connectivity index is 1.67. The molecule has 30 heavy (non-hydrogen) atoms. The lowest BCUT2D eigenvalue weighted by molar-refractivity contribution is 0.627. The number of hydrogen-bond acceptors (Lipinski definition) is 3. The van der Waals surface area contributed by atoms with Crippen LogP contribution in [-0.4, -0.2) is 19.6 Å². The van der Waals surface area contributed by atoms with Crippen LogP contribution in [0.3, 0.4) is 0 Å². The molecule has 0 radical (unpaired) electrons. The molecular formula is C22H16Cl2FN5. The first-order chi connectivity index (χ1) is 14.4. The molecule has 0 spiro atoms. The van der Waals surface area contributed by atoms with Crippen LogP contribution in [0.1, 0.15) is 22.5 Å². The van der Waals surface area contributed by atoms with Crippen LogP contribution in [0, 0.1) is 31.0 Å². The van der Waals surface area contributed by atoms with Crippen molar-refractivity contribution in [3.05, 3.63) is 87.2 Å². The van der Waals surface area contributed by atoms with Gasteiger partial charge in [0, 0.05) is 16.8 Å². The summed E-state index contributed by atoms with van der Waals surface area (Å²) in [5, 5.41) is 18.9. The molecule has 0 saturated heterocycles. The zero-order chi connectivity index (χ0) is 21.4. The molecule has 4 rings (SSSR count). The number of hydrogen-bond donors (Lipinski definition) is 0. The summed E-state index contributed by atoms with van der Waals surface area (Å²) in [7, 11) is 0. The molecule has 0 atom stereocenters. The third-order valence-electron chi connectivity index (χ3n) is 4.93. The maximum atomic E-state index is 13.2. The van der Waals surface area contributed by atoms with Crippen molar-refractivity contribution >= 4 is 23.2 Å². The third kappa shape index (κ3) is 3.58. The first-order valence-corrected chi connectivity index (χ1v) is 9.87. The SMILES string of the molecule is Cc1nn(Cc2cnn(-c3ccc(F)cc3)c2Cl)c(C)c1-c1ccc(C#N)c(Cl)c1. The minimum absolute atomic E-state index is 0.319. The van der Waals surface area contributed by atoms with Gasteiger partial charge in [-0.25, -0.2) is 9.07 Å². The Hall–Kier alpha value is -3.14. The summed E-state index contributed by atoms with van der Waals surface area (Å²) in [4.78, 5) is 0. The zero-order valence-corrected chi connectivity index (χ0v) is 17.7. The zero-order valence-electron chi connectivity index (χ0n) is 16.2. The van der Waals surface area contributed by atoms with Crippen LogP contribution in [-0.2, 0) is 6.54 Å². The van der Waals surface area contributed by atoms with Gasteiger partial charge in [-0.3, -0.25) is 4.68 Å². The highest BCUT2D eigenvalue weighted by atomic mass is 35.5. The molecule has 5 nitrogen and oxygen atoms in total. The second-order valence-corrected chi connectivity index (χ2v) is 7.62. The van der Waals surface area contributed by atoms with Gasteiger partial charge in [0.15, 0.2) is 0 Å². The standard InChI is InChI=1S/C22H16Cl2FN5/c1-13-21(15-3-4-16(10-26)20(23)9-15)14(2)29(28-13)12-17-11-27-30(22(17)24)19-7-5-18(25)6-8-19/h3-9,11H,12H2,1-2H3. The van der Waals surface area contributed by atoms with Crippen molar-refractivity contribution in [1.29, 1.82) is 5.26 Å². The molecule has 4 aromatic rings. The van der Waals surface area contributed by atoms with Crippen molar-refractivity contribution < 1.29 is 4.39 Å². The van der Waals surface area contributed by atoms with E-state index < -0.39 is 0 Å². The van der Waals surface area contributed by atoms with E-state index in [1.165, 1.54) is 12.1 Å². The average Bonchev–Trinajstić information content (AvgIpc) is 3.22. The first kappa shape index (κ1) is 20.1. The Bertz CT molecular complexity index is 1280. The predicted octanol–water partition coefficient (Wildman–Crippen LogP) is 5.72. The van der Waals surface area contributed by atoms with E-state index in [1.54, 1.807) is 35.1 Å². The molecule has 2 aromatic carbocycles. The minimum Gasteiger partial charge on any atom is -0.264 e. The van der Waals surface area contributed by atoms with Crippen LogP contribution in [0.2, 0.25) is 10.2 Å². The van der Waals surface area contributed by atoms with Crippen molar-refractivity contribution in [2.75, 3.05) is 0 Å². The van der Waals surface area contributed by atoms with E-state index in [9.17, 15) is 4.39 Å². The molecule has 150 valence electrons. The van der Waals surface area contributed by atoms with Crippen molar-refractivity contribution in [3.63, 3.8) is 0 Å². The number of nitriles is 1. The van der Waals surface area contributed by atoms with E-state index in [2.05, 4.69) is 16.3 Å². The molecule has 0 unspecified atom stereocenters. The van der Waals surface area contributed by atoms with E-state index in [1.807, 2.05) is 24.6 Å². The molecule has 0 amide bonds. The quantitative estimate of drug-likeness (QED) is 0.408. The van der Waals surface area contributed by atoms with Gasteiger partial charge in [-0.2, -0.15) is 15.5 Å². The molecule has 0 aliphatic heterocycles. The van der Waals surface area contributed by atoms with Crippen molar-refractivity contribution in [1.82, 2.24) is 19.6 Å². The van der Waals surface area contributed by atoms with Gasteiger partial charge >= 0.3 is 0 Å². The monoisotopic (exact) mass is 439 g/mol. The number of aryl methyl sites for hydroxylation is 1. The fourth-order valence-electron chi connectivity index (χ4n) is 3.43. The van der Waals surface area contributed by atoms with Crippen LogP contribution in [0.4, 0.5) is 4.39 Å². The molecule has 0 aliphatic carbocycles. The fourth-order valence-corrected chi connectivity index (χ4v) is 3.90. The summed E-state index contributed by atoms with van der Waals surface area (Å²) >= 11 is 12.7. The topological polar surface area (TPSA) is 59.4 Å². The number of nitrogens with zero attached hydrogens (tertiary/aromatic N) is 5. The summed E-state index contributed by atoms with van der Waals surface area (Å²) in [6.45, 7) is 4.32. The molecule has 8 heteroatoms. The van der Waals surface area contributed by atoms with E-state index in [0.717, 1.165) is 28.1 Å². The molecule has 2 heterocycles. The van der Waals surface area contributed by atoms with E-state index in [-0.39, 0.29) is 5.82 Å². The minimum atomic E-state index is -0.319. The molecular weight excluding hydrogens is 424 g/mol. The second kappa shape index (κ2) is 7.94. The highest BCUT2D eigenvalue weighted by molar-refractivity contribution is 6.32. The fraction of sp³-hybridized carbons (Fsp3) is 0.136. The van der Waals surface area contributed by atoms with Crippen molar-refractivity contribution in [3.8, 4) is 22.9 Å². The Morgan fingerprint density at radius 3 is 2.50 bits per heavy atom. The van der Waals surface area contributed by atoms with E-state index in [4.69, 9.17) is 28.5 Å². The van der Waals surface area contributed by atoms with Crippen LogP contribution < -0.4 is 0 Å². The lowest BCUT2D eigenvalue weighted by atomic mass is 10.0. The maximum absolute atomic E-state index is 13.2. The molecule has 0 fully saturated rings. The number of aromatic nitrogens is 4. The van der Waals surface area contributed by atoms with Gasteiger partial charge < -0.3 is 0 Å². The molecule has 0 bridgehead atoms. The summed E-state index contributed by atoms with van der Waals surface area (Å²) in [6.07, 6.45) is 1.68. The highest BCUT2D eigenvalue weighted by Gasteiger charge is 2.17. The summed E-state index contributed by atoms with van der Waals surface area (Å²) in [6, 6.07) is 13.4. The van der Waals surface area contributed by atoms with Crippen LogP contribution in [0.15, 0.2) is 48.7 Å². The summed E-state index contributed by atoms with van der Waals surface area (Å²) < 4.78 is 16.6. The van der Waals surface area contributed by atoms with Crippen molar-refractivity contribution in [2.24, 2.45) is 0 Å². The smallest absolute Gasteiger partial charge is 0.137 e. The maximum Gasteiger partial charge on any atom is 0.137 e. The van der Waals surface area contributed by atoms with Gasteiger partial charge in [0.25, 0.3) is 0 Å². The summed E-state index contributed by atoms with van der Waals surface area (Å²) in [5.41, 5.74) is 5.54. The van der Waals surface area contributed by atoms with Crippen LogP contribution >= 0.6 is 23.2 Å². The predicted molar refractivity (Wildman–Crippen MR) is 114 cm³/mol. The van der Waals surface area contributed by atoms with Gasteiger partial charge in [0.05, 0.1) is 34.7 Å². The Morgan fingerprint density at radius 2 is 1.83 bits per heavy atom. The first-order valence-electron chi connectivity index (χ1n) is 9.11. The Labute approximate surface area is 182 Å². The van der Waals surface area contributed by atoms with Gasteiger partial charge in [0.2, 0.25) is 0 Å². The lowest BCUT2D eigenvalue weighted by Gasteiger charge is -2.07. The second-order valence-electron chi connectivity index (χ2n) is 6.86.